The number of rotatable bonds is 6. The quantitative estimate of drug-likeness (QED) is 0.446. The van der Waals surface area contributed by atoms with Gasteiger partial charge < -0.3 is 14.2 Å². The predicted molar refractivity (Wildman–Crippen MR) is 122 cm³/mol. The zero-order valence-corrected chi connectivity index (χ0v) is 18.7. The average Bonchev–Trinajstić information content (AvgIpc) is 3.22. The Morgan fingerprint density at radius 1 is 1.00 bits per heavy atom. The molecule has 0 fully saturated rings. The summed E-state index contributed by atoms with van der Waals surface area (Å²) < 4.78 is 18.1. The Kier molecular flexibility index (Phi) is 5.51. The molecule has 2 aromatic carbocycles. The summed E-state index contributed by atoms with van der Waals surface area (Å²) in [7, 11) is 4.87. The van der Waals surface area contributed by atoms with Crippen molar-refractivity contribution < 1.29 is 19.0 Å². The molecule has 1 aliphatic rings. The molecule has 33 heavy (non-hydrogen) atoms. The third-order valence-electron chi connectivity index (χ3n) is 6.07. The maximum Gasteiger partial charge on any atom is 0.185 e. The molecule has 0 saturated heterocycles. The van der Waals surface area contributed by atoms with Crippen molar-refractivity contribution >= 4 is 11.4 Å². The molecule has 0 radical (unpaired) electrons. The van der Waals surface area contributed by atoms with Gasteiger partial charge in [0.2, 0.25) is 0 Å². The third-order valence-corrected chi connectivity index (χ3v) is 6.07. The minimum atomic E-state index is -0.0755. The van der Waals surface area contributed by atoms with Gasteiger partial charge in [0.1, 0.15) is 11.5 Å². The van der Waals surface area contributed by atoms with E-state index < -0.39 is 0 Å². The Morgan fingerprint density at radius 2 is 1.82 bits per heavy atom. The second-order valence-corrected chi connectivity index (χ2v) is 7.99. The van der Waals surface area contributed by atoms with Crippen LogP contribution in [0.5, 0.6) is 11.5 Å². The molecule has 0 amide bonds. The minimum absolute atomic E-state index is 0.0569. The summed E-state index contributed by atoms with van der Waals surface area (Å²) in [5.41, 5.74) is 5.28. The van der Waals surface area contributed by atoms with E-state index in [9.17, 15) is 4.79 Å². The van der Waals surface area contributed by atoms with Crippen LogP contribution < -0.4 is 9.47 Å². The molecule has 2 aromatic heterocycles. The van der Waals surface area contributed by atoms with Crippen LogP contribution >= 0.6 is 0 Å². The fourth-order valence-corrected chi connectivity index (χ4v) is 4.53. The van der Waals surface area contributed by atoms with Crippen LogP contribution in [0.25, 0.3) is 16.8 Å². The third kappa shape index (κ3) is 3.62. The van der Waals surface area contributed by atoms with Gasteiger partial charge in [0.05, 0.1) is 37.8 Å². The molecule has 0 N–H and O–H groups in total. The first kappa shape index (κ1) is 21.1. The van der Waals surface area contributed by atoms with Crippen LogP contribution in [-0.2, 0) is 17.8 Å². The van der Waals surface area contributed by atoms with Crippen molar-refractivity contribution in [3.63, 3.8) is 0 Å². The minimum Gasteiger partial charge on any atom is -0.497 e. The Balaban J connectivity index is 1.65. The second-order valence-electron chi connectivity index (χ2n) is 7.99. The van der Waals surface area contributed by atoms with Crippen LogP contribution in [0.15, 0.2) is 48.5 Å². The van der Waals surface area contributed by atoms with Crippen molar-refractivity contribution in [2.45, 2.75) is 25.4 Å². The van der Waals surface area contributed by atoms with E-state index in [2.05, 4.69) is 10.2 Å². The maximum atomic E-state index is 13.1. The Hall–Kier alpha value is -3.78. The van der Waals surface area contributed by atoms with E-state index in [1.54, 1.807) is 25.8 Å². The molecular formula is C25H24N4O4. The molecule has 168 valence electrons. The number of methoxy groups -OCH3 is 3. The first-order valence-corrected chi connectivity index (χ1v) is 10.7. The Morgan fingerprint density at radius 3 is 2.55 bits per heavy atom. The number of ether oxygens (including phenoxy) is 3. The molecule has 2 heterocycles. The van der Waals surface area contributed by atoms with Gasteiger partial charge in [-0.05, 0) is 23.6 Å². The molecule has 5 rings (SSSR count). The van der Waals surface area contributed by atoms with Gasteiger partial charge in [-0.25, -0.2) is 4.52 Å². The lowest BCUT2D eigenvalue weighted by Gasteiger charge is -2.24. The van der Waals surface area contributed by atoms with E-state index in [0.29, 0.717) is 42.3 Å². The van der Waals surface area contributed by atoms with Gasteiger partial charge in [0.25, 0.3) is 0 Å². The lowest BCUT2D eigenvalue weighted by Crippen LogP contribution is -2.24. The van der Waals surface area contributed by atoms with Crippen molar-refractivity contribution in [2.24, 2.45) is 0 Å². The number of fused-ring (bicyclic) bond motifs is 3. The van der Waals surface area contributed by atoms with Crippen molar-refractivity contribution in [1.82, 2.24) is 19.8 Å². The van der Waals surface area contributed by atoms with Crippen molar-refractivity contribution in [3.05, 3.63) is 71.2 Å². The SMILES string of the molecule is COCc1nn2c3c(nnc2c1-c1ccccc1)C(=O)C[C@@H](c1ccc(OC)cc1OC)C3. The van der Waals surface area contributed by atoms with Gasteiger partial charge in [-0.1, -0.05) is 36.4 Å². The van der Waals surface area contributed by atoms with Gasteiger partial charge in [0.15, 0.2) is 17.1 Å². The van der Waals surface area contributed by atoms with Crippen molar-refractivity contribution in [2.75, 3.05) is 21.3 Å². The van der Waals surface area contributed by atoms with Gasteiger partial charge in [-0.3, -0.25) is 4.79 Å². The second kappa shape index (κ2) is 8.63. The average molecular weight is 444 g/mol. The van der Waals surface area contributed by atoms with Crippen LogP contribution in [0.1, 0.15) is 39.8 Å². The highest BCUT2D eigenvalue weighted by atomic mass is 16.5. The summed E-state index contributed by atoms with van der Waals surface area (Å²) in [4.78, 5) is 13.1. The zero-order valence-electron chi connectivity index (χ0n) is 18.7. The number of aromatic nitrogens is 4. The molecule has 0 spiro atoms. The van der Waals surface area contributed by atoms with Crippen LogP contribution in [0.2, 0.25) is 0 Å². The monoisotopic (exact) mass is 444 g/mol. The van der Waals surface area contributed by atoms with Gasteiger partial charge in [0, 0.05) is 25.5 Å². The van der Waals surface area contributed by atoms with E-state index in [0.717, 1.165) is 28.1 Å². The molecular weight excluding hydrogens is 420 g/mol. The van der Waals surface area contributed by atoms with Crippen LogP contribution in [0.4, 0.5) is 0 Å². The molecule has 0 aliphatic heterocycles. The van der Waals surface area contributed by atoms with Gasteiger partial charge in [-0.2, -0.15) is 5.10 Å². The number of nitrogens with zero attached hydrogens (tertiary/aromatic N) is 4. The van der Waals surface area contributed by atoms with E-state index in [4.69, 9.17) is 19.3 Å². The summed E-state index contributed by atoms with van der Waals surface area (Å²) in [6, 6.07) is 15.6. The molecule has 1 aliphatic carbocycles. The molecule has 0 saturated carbocycles. The van der Waals surface area contributed by atoms with Crippen LogP contribution in [-0.4, -0.2) is 46.9 Å². The molecule has 8 heteroatoms. The summed E-state index contributed by atoms with van der Waals surface area (Å²) >= 11 is 0. The van der Waals surface area contributed by atoms with Crippen molar-refractivity contribution in [3.8, 4) is 22.6 Å². The zero-order chi connectivity index (χ0) is 22.9. The van der Waals surface area contributed by atoms with Crippen molar-refractivity contribution in [1.29, 1.82) is 0 Å². The summed E-state index contributed by atoms with van der Waals surface area (Å²) in [5.74, 6) is 1.27. The fourth-order valence-electron chi connectivity index (χ4n) is 4.53. The number of benzene rings is 2. The molecule has 0 unspecified atom stereocenters. The summed E-state index contributed by atoms with van der Waals surface area (Å²) in [5, 5.41) is 13.6. The van der Waals surface area contributed by atoms with E-state index in [-0.39, 0.29) is 11.7 Å². The normalized spacial score (nSPS) is 15.5. The van der Waals surface area contributed by atoms with E-state index >= 15 is 0 Å². The first-order chi connectivity index (χ1) is 16.1. The lowest BCUT2D eigenvalue weighted by molar-refractivity contribution is 0.0955. The number of carbonyl (C=O) groups is 1. The highest BCUT2D eigenvalue weighted by Gasteiger charge is 2.33. The standard InChI is InChI=1S/C25H24N4O4/c1-31-14-19-23(15-7-5-4-6-8-15)25-27-26-24-20(29(25)28-19)11-16(12-21(24)30)18-10-9-17(32-2)13-22(18)33-3/h4-10,13,16H,11-12,14H2,1-3H3/t16-/m0/s1. The molecule has 1 atom stereocenters. The van der Waals surface area contributed by atoms with Crippen LogP contribution in [0.3, 0.4) is 0 Å². The largest absolute Gasteiger partial charge is 0.497 e. The first-order valence-electron chi connectivity index (χ1n) is 10.7. The highest BCUT2D eigenvalue weighted by Crippen LogP contribution is 2.39. The topological polar surface area (TPSA) is 87.8 Å². The Bertz CT molecular complexity index is 1330. The summed E-state index contributed by atoms with van der Waals surface area (Å²) in [6.45, 7) is 0.325. The van der Waals surface area contributed by atoms with E-state index in [1.165, 1.54) is 0 Å². The predicted octanol–water partition coefficient (Wildman–Crippen LogP) is 3.87. The molecule has 4 aromatic rings. The fraction of sp³-hybridized carbons (Fsp3) is 0.280. The van der Waals surface area contributed by atoms with Gasteiger partial charge >= 0.3 is 0 Å². The maximum absolute atomic E-state index is 13.1. The Labute approximate surface area is 191 Å². The number of Topliss-reactive ketones (excluding diaryl/α,β-unsaturated/α-hetero) is 1. The van der Waals surface area contributed by atoms with Crippen LogP contribution in [0, 0.1) is 0 Å². The smallest absolute Gasteiger partial charge is 0.185 e. The number of ketones is 1. The summed E-state index contributed by atoms with van der Waals surface area (Å²) in [6.07, 6.45) is 0.908. The number of hydrogen-bond acceptors (Lipinski definition) is 7. The number of carbonyl (C=O) groups excluding carboxylic acids is 1. The van der Waals surface area contributed by atoms with E-state index in [1.807, 2.05) is 48.5 Å². The van der Waals surface area contributed by atoms with Gasteiger partial charge in [-0.15, -0.1) is 10.2 Å². The molecule has 8 nitrogen and oxygen atoms in total. The number of hydrogen-bond donors (Lipinski definition) is 0. The lowest BCUT2D eigenvalue weighted by atomic mass is 9.83. The molecule has 0 bridgehead atoms. The highest BCUT2D eigenvalue weighted by molar-refractivity contribution is 5.97.